The quantitative estimate of drug-likeness (QED) is 0.349. The van der Waals surface area contributed by atoms with Crippen molar-refractivity contribution < 1.29 is 9.53 Å². The molecule has 0 spiro atoms. The molecule has 0 amide bonds. The Balaban J connectivity index is 1.80. The van der Waals surface area contributed by atoms with Crippen molar-refractivity contribution in [3.63, 3.8) is 0 Å². The van der Waals surface area contributed by atoms with E-state index in [1.807, 2.05) is 18.3 Å². The van der Waals surface area contributed by atoms with Gasteiger partial charge in [-0.3, -0.25) is 9.79 Å². The Kier molecular flexibility index (Phi) is 8.01. The minimum Gasteiger partial charge on any atom is -0.469 e. The first-order chi connectivity index (χ1) is 12.2. The van der Waals surface area contributed by atoms with E-state index in [4.69, 9.17) is 4.99 Å². The third-order valence-electron chi connectivity index (χ3n) is 4.17. The number of esters is 1. The van der Waals surface area contributed by atoms with Crippen LogP contribution in [0.1, 0.15) is 26.2 Å². The molecule has 1 fully saturated rings. The number of anilines is 1. The number of nitrogens with zero attached hydrogens (tertiary/aromatic N) is 4. The summed E-state index contributed by atoms with van der Waals surface area (Å²) in [6, 6.07) is 6.01. The van der Waals surface area contributed by atoms with Gasteiger partial charge in [0, 0.05) is 51.9 Å². The number of guanidine groups is 1. The molecular weight excluding hydrogens is 318 g/mol. The lowest BCUT2D eigenvalue weighted by Crippen LogP contribution is -2.52. The van der Waals surface area contributed by atoms with E-state index in [2.05, 4.69) is 37.8 Å². The Morgan fingerprint density at radius 3 is 2.72 bits per heavy atom. The Morgan fingerprint density at radius 1 is 1.28 bits per heavy atom. The van der Waals surface area contributed by atoms with Gasteiger partial charge in [0.1, 0.15) is 5.82 Å². The standard InChI is InChI=1S/C18H29N5O2/c1-3-19-18(21-11-7-5-9-17(24)25-2)23-14-12-22(13-15-23)16-8-4-6-10-20-16/h4,6,8,10H,3,5,7,9,11-15H2,1-2H3,(H,19,21). The zero-order valence-corrected chi connectivity index (χ0v) is 15.3. The molecule has 0 aliphatic carbocycles. The Hall–Kier alpha value is -2.31. The second-order valence-electron chi connectivity index (χ2n) is 5.93. The molecule has 25 heavy (non-hydrogen) atoms. The number of aliphatic imine (C=N–C) groups is 1. The molecule has 0 atom stereocenters. The van der Waals surface area contributed by atoms with Gasteiger partial charge in [0.25, 0.3) is 0 Å². The average molecular weight is 347 g/mol. The van der Waals surface area contributed by atoms with Gasteiger partial charge in [-0.2, -0.15) is 0 Å². The van der Waals surface area contributed by atoms with E-state index in [9.17, 15) is 4.79 Å². The summed E-state index contributed by atoms with van der Waals surface area (Å²) < 4.78 is 4.65. The molecule has 138 valence electrons. The van der Waals surface area contributed by atoms with E-state index < -0.39 is 0 Å². The smallest absolute Gasteiger partial charge is 0.305 e. The molecule has 7 nitrogen and oxygen atoms in total. The van der Waals surface area contributed by atoms with E-state index in [0.717, 1.165) is 63.9 Å². The van der Waals surface area contributed by atoms with Crippen molar-refractivity contribution in [3.8, 4) is 0 Å². The van der Waals surface area contributed by atoms with Gasteiger partial charge in [-0.05, 0) is 31.9 Å². The lowest BCUT2D eigenvalue weighted by atomic mass is 10.2. The first-order valence-corrected chi connectivity index (χ1v) is 9.00. The molecular formula is C18H29N5O2. The van der Waals surface area contributed by atoms with Crippen LogP contribution in [0.4, 0.5) is 5.82 Å². The SMILES string of the molecule is CCNC(=NCCCCC(=O)OC)N1CCN(c2ccccn2)CC1. The molecule has 1 aliphatic heterocycles. The van der Waals surface area contributed by atoms with Gasteiger partial charge in [0.05, 0.1) is 7.11 Å². The third-order valence-corrected chi connectivity index (χ3v) is 4.17. The molecule has 2 rings (SSSR count). The number of piperazine rings is 1. The van der Waals surface area contributed by atoms with Crippen molar-refractivity contribution >= 4 is 17.7 Å². The van der Waals surface area contributed by atoms with Gasteiger partial charge in [-0.15, -0.1) is 0 Å². The summed E-state index contributed by atoms with van der Waals surface area (Å²) in [5.74, 6) is 1.84. The summed E-state index contributed by atoms with van der Waals surface area (Å²) in [6.45, 7) is 7.36. The van der Waals surface area contributed by atoms with Crippen molar-refractivity contribution in [2.75, 3.05) is 51.3 Å². The molecule has 7 heteroatoms. The summed E-state index contributed by atoms with van der Waals surface area (Å²) >= 11 is 0. The average Bonchev–Trinajstić information content (AvgIpc) is 2.67. The summed E-state index contributed by atoms with van der Waals surface area (Å²) in [5, 5.41) is 3.37. The Morgan fingerprint density at radius 2 is 2.08 bits per heavy atom. The minimum atomic E-state index is -0.151. The van der Waals surface area contributed by atoms with Gasteiger partial charge < -0.3 is 19.9 Å². The molecule has 1 aromatic rings. The van der Waals surface area contributed by atoms with Gasteiger partial charge in [-0.1, -0.05) is 6.07 Å². The van der Waals surface area contributed by atoms with Gasteiger partial charge in [0.2, 0.25) is 0 Å². The van der Waals surface area contributed by atoms with Crippen LogP contribution in [0.15, 0.2) is 29.4 Å². The fourth-order valence-corrected chi connectivity index (χ4v) is 2.78. The third kappa shape index (κ3) is 6.25. The molecule has 1 aromatic heterocycles. The zero-order valence-electron chi connectivity index (χ0n) is 15.3. The lowest BCUT2D eigenvalue weighted by Gasteiger charge is -2.37. The summed E-state index contributed by atoms with van der Waals surface area (Å²) in [5.41, 5.74) is 0. The van der Waals surface area contributed by atoms with Crippen LogP contribution >= 0.6 is 0 Å². The molecule has 1 saturated heterocycles. The highest BCUT2D eigenvalue weighted by Crippen LogP contribution is 2.12. The maximum Gasteiger partial charge on any atom is 0.305 e. The second-order valence-corrected chi connectivity index (χ2v) is 5.93. The number of hydrogen-bond donors (Lipinski definition) is 1. The Labute approximate surface area is 150 Å². The van der Waals surface area contributed by atoms with Crippen LogP contribution in [0.3, 0.4) is 0 Å². The van der Waals surface area contributed by atoms with E-state index in [1.54, 1.807) is 0 Å². The highest BCUT2D eigenvalue weighted by Gasteiger charge is 2.20. The molecule has 0 radical (unpaired) electrons. The van der Waals surface area contributed by atoms with Crippen molar-refractivity contribution in [2.24, 2.45) is 4.99 Å². The van der Waals surface area contributed by atoms with Gasteiger partial charge in [0.15, 0.2) is 5.96 Å². The first kappa shape index (κ1) is 19.0. The van der Waals surface area contributed by atoms with Crippen LogP contribution in [-0.4, -0.2) is 68.2 Å². The number of nitrogens with one attached hydrogen (secondary N) is 1. The predicted molar refractivity (Wildman–Crippen MR) is 99.9 cm³/mol. The fourth-order valence-electron chi connectivity index (χ4n) is 2.78. The number of methoxy groups -OCH3 is 1. The number of carbonyl (C=O) groups is 1. The molecule has 0 bridgehead atoms. The van der Waals surface area contributed by atoms with Crippen LogP contribution in [0, 0.1) is 0 Å². The molecule has 1 N–H and O–H groups in total. The topological polar surface area (TPSA) is 70.1 Å². The van der Waals surface area contributed by atoms with Crippen LogP contribution in [-0.2, 0) is 9.53 Å². The summed E-state index contributed by atoms with van der Waals surface area (Å²) in [4.78, 5) is 24.8. The predicted octanol–water partition coefficient (Wildman–Crippen LogP) is 1.51. The number of rotatable bonds is 7. The second kappa shape index (κ2) is 10.5. The molecule has 2 heterocycles. The van der Waals surface area contributed by atoms with Gasteiger partial charge in [-0.25, -0.2) is 4.98 Å². The number of unbranched alkanes of at least 4 members (excludes halogenated alkanes) is 1. The van der Waals surface area contributed by atoms with Crippen LogP contribution < -0.4 is 10.2 Å². The summed E-state index contributed by atoms with van der Waals surface area (Å²) in [6.07, 6.45) is 3.99. The van der Waals surface area contributed by atoms with Gasteiger partial charge >= 0.3 is 5.97 Å². The highest BCUT2D eigenvalue weighted by atomic mass is 16.5. The minimum absolute atomic E-state index is 0.151. The van der Waals surface area contributed by atoms with E-state index in [-0.39, 0.29) is 5.97 Å². The van der Waals surface area contributed by atoms with Crippen LogP contribution in [0.25, 0.3) is 0 Å². The zero-order chi connectivity index (χ0) is 17.9. The monoisotopic (exact) mass is 347 g/mol. The van der Waals surface area contributed by atoms with E-state index in [1.165, 1.54) is 7.11 Å². The maximum absolute atomic E-state index is 11.1. The Bertz CT molecular complexity index is 542. The number of aromatic nitrogens is 1. The molecule has 0 saturated carbocycles. The first-order valence-electron chi connectivity index (χ1n) is 9.00. The number of carbonyl (C=O) groups excluding carboxylic acids is 1. The van der Waals surface area contributed by atoms with Crippen LogP contribution in [0.5, 0.6) is 0 Å². The van der Waals surface area contributed by atoms with Crippen molar-refractivity contribution in [2.45, 2.75) is 26.2 Å². The summed E-state index contributed by atoms with van der Waals surface area (Å²) in [7, 11) is 1.42. The largest absolute Gasteiger partial charge is 0.469 e. The van der Waals surface area contributed by atoms with Crippen LogP contribution in [0.2, 0.25) is 0 Å². The fraction of sp³-hybridized carbons (Fsp3) is 0.611. The maximum atomic E-state index is 11.1. The number of ether oxygens (including phenoxy) is 1. The van der Waals surface area contributed by atoms with E-state index >= 15 is 0 Å². The van der Waals surface area contributed by atoms with Crippen molar-refractivity contribution in [1.29, 1.82) is 0 Å². The van der Waals surface area contributed by atoms with E-state index in [0.29, 0.717) is 6.42 Å². The number of pyridine rings is 1. The lowest BCUT2D eigenvalue weighted by molar-refractivity contribution is -0.140. The number of hydrogen-bond acceptors (Lipinski definition) is 5. The highest BCUT2D eigenvalue weighted by molar-refractivity contribution is 5.80. The van der Waals surface area contributed by atoms with Crippen molar-refractivity contribution in [1.82, 2.24) is 15.2 Å². The van der Waals surface area contributed by atoms with Crippen molar-refractivity contribution in [3.05, 3.63) is 24.4 Å². The molecule has 0 aromatic carbocycles. The molecule has 0 unspecified atom stereocenters. The molecule has 1 aliphatic rings. The normalized spacial score (nSPS) is 15.2.